The molecule has 1 saturated carbocycles. The Kier molecular flexibility index (Phi) is 5.26. The van der Waals surface area contributed by atoms with Crippen molar-refractivity contribution in [3.8, 4) is 0 Å². The Bertz CT molecular complexity index is 497. The molecule has 20 heavy (non-hydrogen) atoms. The SMILES string of the molecule is CC1CCC(CO)(NC(=O)c2ccc(Br)cc2Br)CC1. The van der Waals surface area contributed by atoms with Crippen molar-refractivity contribution < 1.29 is 9.90 Å². The third kappa shape index (κ3) is 3.62. The highest BCUT2D eigenvalue weighted by Gasteiger charge is 2.35. The number of nitrogens with one attached hydrogen (secondary N) is 1. The smallest absolute Gasteiger partial charge is 0.252 e. The average molecular weight is 405 g/mol. The summed E-state index contributed by atoms with van der Waals surface area (Å²) in [6, 6.07) is 5.47. The molecule has 1 aromatic rings. The number of aliphatic hydroxyl groups is 1. The van der Waals surface area contributed by atoms with Gasteiger partial charge in [-0.25, -0.2) is 0 Å². The first kappa shape index (κ1) is 16.0. The Balaban J connectivity index is 2.13. The predicted octanol–water partition coefficient (Wildman–Crippen LogP) is 3.88. The van der Waals surface area contributed by atoms with Crippen molar-refractivity contribution in [1.82, 2.24) is 5.32 Å². The van der Waals surface area contributed by atoms with Crippen molar-refractivity contribution in [1.29, 1.82) is 0 Å². The van der Waals surface area contributed by atoms with Crippen LogP contribution in [0.2, 0.25) is 0 Å². The second-order valence-corrected chi connectivity index (χ2v) is 7.47. The molecular formula is C15H19Br2NO2. The molecule has 0 radical (unpaired) electrons. The Morgan fingerprint density at radius 1 is 1.40 bits per heavy atom. The van der Waals surface area contributed by atoms with Gasteiger partial charge in [0.25, 0.3) is 5.91 Å². The molecule has 0 spiro atoms. The van der Waals surface area contributed by atoms with Crippen molar-refractivity contribution in [2.24, 2.45) is 5.92 Å². The first-order valence-electron chi connectivity index (χ1n) is 6.84. The highest BCUT2D eigenvalue weighted by molar-refractivity contribution is 9.11. The molecule has 1 amide bonds. The summed E-state index contributed by atoms with van der Waals surface area (Å²) < 4.78 is 1.67. The van der Waals surface area contributed by atoms with Gasteiger partial charge in [0.2, 0.25) is 0 Å². The van der Waals surface area contributed by atoms with Gasteiger partial charge >= 0.3 is 0 Å². The van der Waals surface area contributed by atoms with Crippen LogP contribution < -0.4 is 5.32 Å². The highest BCUT2D eigenvalue weighted by Crippen LogP contribution is 2.32. The van der Waals surface area contributed by atoms with Gasteiger partial charge in [-0.1, -0.05) is 22.9 Å². The van der Waals surface area contributed by atoms with Gasteiger partial charge in [0, 0.05) is 8.95 Å². The number of amides is 1. The van der Waals surface area contributed by atoms with E-state index in [0.717, 1.165) is 34.6 Å². The monoisotopic (exact) mass is 403 g/mol. The van der Waals surface area contributed by atoms with E-state index in [-0.39, 0.29) is 12.5 Å². The summed E-state index contributed by atoms with van der Waals surface area (Å²) in [4.78, 5) is 12.4. The van der Waals surface area contributed by atoms with Crippen LogP contribution in [-0.4, -0.2) is 23.2 Å². The topological polar surface area (TPSA) is 49.3 Å². The number of aliphatic hydroxyl groups excluding tert-OH is 1. The maximum absolute atomic E-state index is 12.4. The van der Waals surface area contributed by atoms with Crippen molar-refractivity contribution in [2.45, 2.75) is 38.1 Å². The van der Waals surface area contributed by atoms with Crippen LogP contribution in [0.4, 0.5) is 0 Å². The van der Waals surface area contributed by atoms with Gasteiger partial charge < -0.3 is 10.4 Å². The molecule has 1 aromatic carbocycles. The van der Waals surface area contributed by atoms with Crippen LogP contribution >= 0.6 is 31.9 Å². The third-order valence-corrected chi connectivity index (χ3v) is 5.24. The largest absolute Gasteiger partial charge is 0.394 e. The number of rotatable bonds is 3. The lowest BCUT2D eigenvalue weighted by Gasteiger charge is -2.38. The van der Waals surface area contributed by atoms with Gasteiger partial charge in [-0.2, -0.15) is 0 Å². The minimum Gasteiger partial charge on any atom is -0.394 e. The average Bonchev–Trinajstić information content (AvgIpc) is 2.41. The van der Waals surface area contributed by atoms with E-state index < -0.39 is 5.54 Å². The summed E-state index contributed by atoms with van der Waals surface area (Å²) in [5.74, 6) is 0.541. The standard InChI is InChI=1S/C15H19Br2NO2/c1-10-4-6-15(9-19,7-5-10)18-14(20)12-3-2-11(16)8-13(12)17/h2-3,8,10,19H,4-7,9H2,1H3,(H,18,20). The molecule has 0 heterocycles. The molecule has 1 fully saturated rings. The zero-order valence-electron chi connectivity index (χ0n) is 11.5. The molecule has 110 valence electrons. The molecule has 1 aliphatic carbocycles. The Labute approximate surface area is 136 Å². The molecule has 0 atom stereocenters. The summed E-state index contributed by atoms with van der Waals surface area (Å²) in [7, 11) is 0. The number of carbonyl (C=O) groups excluding carboxylic acids is 1. The Morgan fingerprint density at radius 2 is 2.05 bits per heavy atom. The van der Waals surface area contributed by atoms with Crippen molar-refractivity contribution in [2.75, 3.05) is 6.61 Å². The van der Waals surface area contributed by atoms with E-state index in [2.05, 4.69) is 44.1 Å². The molecule has 3 nitrogen and oxygen atoms in total. The molecule has 0 unspecified atom stereocenters. The summed E-state index contributed by atoms with van der Waals surface area (Å²) in [5, 5.41) is 12.7. The Morgan fingerprint density at radius 3 is 2.60 bits per heavy atom. The zero-order valence-corrected chi connectivity index (χ0v) is 14.6. The lowest BCUT2D eigenvalue weighted by atomic mass is 9.77. The molecule has 5 heteroatoms. The number of halogens is 2. The maximum atomic E-state index is 12.4. The van der Waals surface area contributed by atoms with Crippen molar-refractivity contribution >= 4 is 37.8 Å². The number of carbonyl (C=O) groups is 1. The van der Waals surface area contributed by atoms with E-state index in [1.54, 1.807) is 6.07 Å². The van der Waals surface area contributed by atoms with Crippen LogP contribution in [0.25, 0.3) is 0 Å². The Hall–Kier alpha value is -0.390. The number of benzene rings is 1. The predicted molar refractivity (Wildman–Crippen MR) is 86.8 cm³/mol. The fourth-order valence-corrected chi connectivity index (χ4v) is 3.85. The maximum Gasteiger partial charge on any atom is 0.252 e. The van der Waals surface area contributed by atoms with E-state index in [4.69, 9.17) is 0 Å². The molecule has 0 aliphatic heterocycles. The quantitative estimate of drug-likeness (QED) is 0.802. The van der Waals surface area contributed by atoms with Gasteiger partial charge in [0.1, 0.15) is 0 Å². The van der Waals surface area contributed by atoms with Gasteiger partial charge in [-0.3, -0.25) is 4.79 Å². The van der Waals surface area contributed by atoms with Crippen LogP contribution in [0.1, 0.15) is 43.0 Å². The third-order valence-electron chi connectivity index (χ3n) is 4.09. The van der Waals surface area contributed by atoms with E-state index in [1.807, 2.05) is 12.1 Å². The van der Waals surface area contributed by atoms with Crippen LogP contribution in [-0.2, 0) is 0 Å². The molecule has 0 saturated heterocycles. The molecule has 1 aliphatic rings. The molecule has 2 rings (SSSR count). The minimum absolute atomic E-state index is 0.000390. The summed E-state index contributed by atoms with van der Waals surface area (Å²) in [6.07, 6.45) is 3.76. The van der Waals surface area contributed by atoms with E-state index in [1.165, 1.54) is 0 Å². The molecular weight excluding hydrogens is 386 g/mol. The lowest BCUT2D eigenvalue weighted by Crippen LogP contribution is -2.53. The van der Waals surface area contributed by atoms with Crippen molar-refractivity contribution in [3.63, 3.8) is 0 Å². The van der Waals surface area contributed by atoms with Crippen LogP contribution in [0.5, 0.6) is 0 Å². The van der Waals surface area contributed by atoms with Gasteiger partial charge in [0.15, 0.2) is 0 Å². The molecule has 0 bridgehead atoms. The van der Waals surface area contributed by atoms with Crippen LogP contribution in [0.15, 0.2) is 27.1 Å². The lowest BCUT2D eigenvalue weighted by molar-refractivity contribution is 0.0716. The molecule has 0 aromatic heterocycles. The van der Waals surface area contributed by atoms with Crippen LogP contribution in [0.3, 0.4) is 0 Å². The van der Waals surface area contributed by atoms with Crippen molar-refractivity contribution in [3.05, 3.63) is 32.7 Å². The minimum atomic E-state index is -0.462. The second kappa shape index (κ2) is 6.58. The number of hydrogen-bond donors (Lipinski definition) is 2. The normalized spacial score (nSPS) is 26.3. The summed E-state index contributed by atoms with van der Waals surface area (Å²) in [6.45, 7) is 2.22. The van der Waals surface area contributed by atoms with E-state index >= 15 is 0 Å². The fraction of sp³-hybridized carbons (Fsp3) is 0.533. The summed E-state index contributed by atoms with van der Waals surface area (Å²) in [5.41, 5.74) is 0.135. The van der Waals surface area contributed by atoms with Gasteiger partial charge in [0.05, 0.1) is 17.7 Å². The number of hydrogen-bond acceptors (Lipinski definition) is 2. The van der Waals surface area contributed by atoms with Crippen LogP contribution in [0, 0.1) is 5.92 Å². The second-order valence-electron chi connectivity index (χ2n) is 5.70. The highest BCUT2D eigenvalue weighted by atomic mass is 79.9. The fourth-order valence-electron chi connectivity index (χ4n) is 2.62. The molecule has 2 N–H and O–H groups in total. The first-order chi connectivity index (χ1) is 9.46. The summed E-state index contributed by atoms with van der Waals surface area (Å²) >= 11 is 6.78. The van der Waals surface area contributed by atoms with Gasteiger partial charge in [-0.05, 0) is 65.7 Å². The first-order valence-corrected chi connectivity index (χ1v) is 8.43. The van der Waals surface area contributed by atoms with E-state index in [0.29, 0.717) is 11.5 Å². The zero-order chi connectivity index (χ0) is 14.8. The van der Waals surface area contributed by atoms with E-state index in [9.17, 15) is 9.90 Å². The van der Waals surface area contributed by atoms with Gasteiger partial charge in [-0.15, -0.1) is 0 Å².